The van der Waals surface area contributed by atoms with Gasteiger partial charge in [-0.1, -0.05) is 30.9 Å². The van der Waals surface area contributed by atoms with Crippen molar-refractivity contribution < 1.29 is 9.84 Å². The van der Waals surface area contributed by atoms with Crippen molar-refractivity contribution in [3.8, 4) is 23.0 Å². The number of anilines is 1. The van der Waals surface area contributed by atoms with Crippen LogP contribution in [0.25, 0.3) is 17.2 Å². The fourth-order valence-corrected chi connectivity index (χ4v) is 4.71. The smallest absolute Gasteiger partial charge is 0.164 e. The minimum atomic E-state index is -0.620. The fraction of sp³-hybridized carbons (Fsp3) is 0.480. The van der Waals surface area contributed by atoms with Crippen LogP contribution >= 0.6 is 11.6 Å². The number of nitrogens with zero attached hydrogens (tertiary/aromatic N) is 5. The van der Waals surface area contributed by atoms with E-state index in [0.29, 0.717) is 29.2 Å². The zero-order valence-corrected chi connectivity index (χ0v) is 20.8. The number of ether oxygens (including phenoxy) is 1. The molecule has 2 heterocycles. The maximum absolute atomic E-state index is 10.00. The summed E-state index contributed by atoms with van der Waals surface area (Å²) in [6, 6.07) is 7.76. The highest BCUT2D eigenvalue weighted by Crippen LogP contribution is 2.33. The van der Waals surface area contributed by atoms with Crippen LogP contribution in [0.1, 0.15) is 37.7 Å². The Hall–Kier alpha value is -2.68. The number of aromatic nitrogens is 4. The first-order valence-electron chi connectivity index (χ1n) is 11.8. The molecule has 1 unspecified atom stereocenters. The molecule has 0 spiro atoms. The maximum Gasteiger partial charge on any atom is 0.164 e. The second kappa shape index (κ2) is 11.2. The molecule has 4 rings (SSSR count). The van der Waals surface area contributed by atoms with Gasteiger partial charge >= 0.3 is 0 Å². The van der Waals surface area contributed by atoms with E-state index in [4.69, 9.17) is 26.3 Å². The van der Waals surface area contributed by atoms with Gasteiger partial charge in [0.1, 0.15) is 24.3 Å². The highest BCUT2D eigenvalue weighted by Gasteiger charge is 2.24. The molecule has 0 saturated heterocycles. The molecular formula is C25H33ClN6O2. The van der Waals surface area contributed by atoms with Gasteiger partial charge in [-0.2, -0.15) is 5.10 Å². The van der Waals surface area contributed by atoms with Crippen molar-refractivity contribution in [3.05, 3.63) is 47.2 Å². The average molecular weight is 485 g/mol. The number of likely N-dealkylation sites (N-methyl/N-ethyl adjacent to an activating group) is 1. The van der Waals surface area contributed by atoms with Gasteiger partial charge in [-0.3, -0.25) is 0 Å². The van der Waals surface area contributed by atoms with E-state index < -0.39 is 6.10 Å². The van der Waals surface area contributed by atoms with Crippen LogP contribution in [0.5, 0.6) is 5.75 Å². The van der Waals surface area contributed by atoms with Crippen LogP contribution < -0.4 is 15.0 Å². The van der Waals surface area contributed by atoms with Crippen LogP contribution in [0.4, 0.5) is 5.82 Å². The Morgan fingerprint density at radius 1 is 1.24 bits per heavy atom. The average Bonchev–Trinajstić information content (AvgIpc) is 3.38. The molecule has 1 aliphatic carbocycles. The number of benzene rings is 1. The van der Waals surface area contributed by atoms with Crippen LogP contribution in [0.2, 0.25) is 5.02 Å². The van der Waals surface area contributed by atoms with E-state index in [9.17, 15) is 5.11 Å². The number of rotatable bonds is 9. The van der Waals surface area contributed by atoms with Gasteiger partial charge in [-0.15, -0.1) is 0 Å². The van der Waals surface area contributed by atoms with Crippen molar-refractivity contribution in [2.24, 2.45) is 0 Å². The van der Waals surface area contributed by atoms with E-state index >= 15 is 0 Å². The van der Waals surface area contributed by atoms with Crippen molar-refractivity contribution in [3.63, 3.8) is 0 Å². The van der Waals surface area contributed by atoms with Gasteiger partial charge in [0.05, 0.1) is 0 Å². The molecule has 34 heavy (non-hydrogen) atoms. The van der Waals surface area contributed by atoms with Crippen molar-refractivity contribution >= 4 is 17.4 Å². The van der Waals surface area contributed by atoms with Crippen molar-refractivity contribution in [1.29, 1.82) is 0 Å². The van der Waals surface area contributed by atoms with Gasteiger partial charge < -0.3 is 20.1 Å². The van der Waals surface area contributed by atoms with Gasteiger partial charge in [0.2, 0.25) is 0 Å². The lowest BCUT2D eigenvalue weighted by atomic mass is 9.94. The third kappa shape index (κ3) is 5.68. The normalized spacial score (nSPS) is 15.3. The topological polar surface area (TPSA) is 88.3 Å². The van der Waals surface area contributed by atoms with Crippen molar-refractivity contribution in [1.82, 2.24) is 25.1 Å². The van der Waals surface area contributed by atoms with E-state index in [0.717, 1.165) is 35.6 Å². The molecule has 3 aromatic rings. The quantitative estimate of drug-likeness (QED) is 0.474. The van der Waals surface area contributed by atoms with Crippen LogP contribution in [-0.2, 0) is 0 Å². The Kier molecular flexibility index (Phi) is 8.03. The van der Waals surface area contributed by atoms with E-state index in [1.54, 1.807) is 24.0 Å². The summed E-state index contributed by atoms with van der Waals surface area (Å²) in [6.07, 6.45) is 9.12. The molecule has 0 aliphatic heterocycles. The second-order valence-electron chi connectivity index (χ2n) is 8.87. The summed E-state index contributed by atoms with van der Waals surface area (Å²) in [4.78, 5) is 12.2. The summed E-state index contributed by atoms with van der Waals surface area (Å²) in [5.41, 5.74) is 1.73. The summed E-state index contributed by atoms with van der Waals surface area (Å²) >= 11 is 6.43. The summed E-state index contributed by atoms with van der Waals surface area (Å²) in [5.74, 6) is 2.75. The Labute approximate surface area is 205 Å². The maximum atomic E-state index is 10.00. The zero-order chi connectivity index (χ0) is 24.1. The number of aliphatic hydroxyl groups is 1. The molecule has 2 N–H and O–H groups in total. The van der Waals surface area contributed by atoms with E-state index in [1.807, 2.05) is 31.3 Å². The summed E-state index contributed by atoms with van der Waals surface area (Å²) in [5, 5.41) is 17.9. The number of aliphatic hydroxyl groups excluding tert-OH is 1. The van der Waals surface area contributed by atoms with E-state index in [2.05, 4.69) is 22.4 Å². The highest BCUT2D eigenvalue weighted by molar-refractivity contribution is 6.31. The standard InChI is InChI=1S/C25H33ClN6O2/c1-17-24(31(3)20-8-5-4-6-9-20)29-23(30-25(17)32-11-7-10-28-32)18-12-19(26)14-22(13-18)34-16-21(33)15-27-2/h7,10-14,20-21,27,33H,4-6,8-9,15-16H2,1-3H3. The molecular weight excluding hydrogens is 452 g/mol. The largest absolute Gasteiger partial charge is 0.491 e. The Morgan fingerprint density at radius 3 is 2.74 bits per heavy atom. The Morgan fingerprint density at radius 2 is 2.03 bits per heavy atom. The van der Waals surface area contributed by atoms with Gasteiger partial charge in [0.25, 0.3) is 0 Å². The van der Waals surface area contributed by atoms with Gasteiger partial charge in [0, 0.05) is 48.2 Å². The SMILES string of the molecule is CNCC(O)COc1cc(Cl)cc(-c2nc(N(C)C3CCCCC3)c(C)c(-n3cccn3)n2)c1. The minimum Gasteiger partial charge on any atom is -0.491 e. The zero-order valence-electron chi connectivity index (χ0n) is 20.0. The van der Waals surface area contributed by atoms with Crippen LogP contribution in [0, 0.1) is 6.92 Å². The Balaban J connectivity index is 1.73. The lowest BCUT2D eigenvalue weighted by Gasteiger charge is -2.33. The minimum absolute atomic E-state index is 0.156. The van der Waals surface area contributed by atoms with Crippen LogP contribution in [0.15, 0.2) is 36.7 Å². The predicted octanol–water partition coefficient (Wildman–Crippen LogP) is 4.02. The third-order valence-corrected chi connectivity index (χ3v) is 6.50. The molecule has 1 aliphatic rings. The first-order valence-corrected chi connectivity index (χ1v) is 12.2. The molecule has 0 amide bonds. The molecule has 1 aromatic carbocycles. The molecule has 182 valence electrons. The van der Waals surface area contributed by atoms with Gasteiger partial charge in [0.15, 0.2) is 11.6 Å². The molecule has 1 atom stereocenters. The first-order chi connectivity index (χ1) is 16.5. The van der Waals surface area contributed by atoms with Gasteiger partial charge in [-0.05, 0) is 51.1 Å². The Bertz CT molecular complexity index is 1090. The number of halogens is 1. The highest BCUT2D eigenvalue weighted by atomic mass is 35.5. The predicted molar refractivity (Wildman–Crippen MR) is 135 cm³/mol. The summed E-state index contributed by atoms with van der Waals surface area (Å²) < 4.78 is 7.58. The van der Waals surface area contributed by atoms with Crippen LogP contribution in [0.3, 0.4) is 0 Å². The first kappa shape index (κ1) is 24.4. The molecule has 0 bridgehead atoms. The monoisotopic (exact) mass is 484 g/mol. The molecule has 2 aromatic heterocycles. The molecule has 1 saturated carbocycles. The molecule has 0 radical (unpaired) electrons. The number of hydrogen-bond acceptors (Lipinski definition) is 7. The molecule has 9 heteroatoms. The fourth-order valence-electron chi connectivity index (χ4n) is 4.49. The van der Waals surface area contributed by atoms with Gasteiger partial charge in [-0.25, -0.2) is 14.6 Å². The lowest BCUT2D eigenvalue weighted by molar-refractivity contribution is 0.108. The summed E-state index contributed by atoms with van der Waals surface area (Å²) in [7, 11) is 3.91. The van der Waals surface area contributed by atoms with Crippen molar-refractivity contribution in [2.75, 3.05) is 32.1 Å². The summed E-state index contributed by atoms with van der Waals surface area (Å²) in [6.45, 7) is 2.65. The van der Waals surface area contributed by atoms with Crippen molar-refractivity contribution in [2.45, 2.75) is 51.2 Å². The van der Waals surface area contributed by atoms with E-state index in [1.165, 1.54) is 19.3 Å². The lowest BCUT2D eigenvalue weighted by Crippen LogP contribution is -2.34. The number of nitrogens with one attached hydrogen (secondary N) is 1. The second-order valence-corrected chi connectivity index (χ2v) is 9.31. The van der Waals surface area contributed by atoms with E-state index in [-0.39, 0.29) is 6.61 Å². The van der Waals surface area contributed by atoms with Crippen LogP contribution in [-0.4, -0.2) is 64.2 Å². The third-order valence-electron chi connectivity index (χ3n) is 6.28. The molecule has 8 nitrogen and oxygen atoms in total. The number of hydrogen-bond donors (Lipinski definition) is 2. The molecule has 1 fully saturated rings.